The third kappa shape index (κ3) is 4.00. The van der Waals surface area contributed by atoms with Gasteiger partial charge in [-0.05, 0) is 37.7 Å². The van der Waals surface area contributed by atoms with E-state index in [-0.39, 0.29) is 17.7 Å². The van der Waals surface area contributed by atoms with Gasteiger partial charge in [-0.3, -0.25) is 14.9 Å². The van der Waals surface area contributed by atoms with Crippen molar-refractivity contribution in [2.45, 2.75) is 45.1 Å². The number of urea groups is 1. The number of amides is 4. The fourth-order valence-electron chi connectivity index (χ4n) is 3.75. The Morgan fingerprint density at radius 2 is 2.00 bits per heavy atom. The Morgan fingerprint density at radius 1 is 1.28 bits per heavy atom. The minimum Gasteiger partial charge on any atom is -0.342 e. The normalized spacial score (nSPS) is 22.5. The molecule has 2 aliphatic heterocycles. The average Bonchev–Trinajstić information content (AvgIpc) is 2.91. The van der Waals surface area contributed by atoms with Crippen LogP contribution in [0, 0.1) is 12.8 Å². The van der Waals surface area contributed by atoms with E-state index in [1.807, 2.05) is 11.8 Å². The smallest absolute Gasteiger partial charge is 0.322 e. The summed E-state index contributed by atoms with van der Waals surface area (Å²) < 4.78 is 0. The van der Waals surface area contributed by atoms with Crippen LogP contribution in [0.3, 0.4) is 0 Å². The standard InChI is InChI=1S/C19H25N3O3/c1-12-4-3-5-15(10-12)14-6-8-22(9-7-14)18(24)13(2)11-16-17(23)21-19(25)20-16/h3-5,10,13-14,16H,6-9,11H2,1-2H3,(H2,20,21,23,25). The number of carbonyl (C=O) groups excluding carboxylic acids is 3. The maximum absolute atomic E-state index is 12.7. The molecule has 0 spiro atoms. The Hall–Kier alpha value is -2.37. The monoisotopic (exact) mass is 343 g/mol. The third-order valence-corrected chi connectivity index (χ3v) is 5.19. The number of benzene rings is 1. The molecule has 4 amide bonds. The molecule has 0 aromatic heterocycles. The predicted octanol–water partition coefficient (Wildman–Crippen LogP) is 1.94. The topological polar surface area (TPSA) is 78.5 Å². The minimum absolute atomic E-state index is 0.0663. The molecule has 0 bridgehead atoms. The van der Waals surface area contributed by atoms with E-state index in [0.29, 0.717) is 12.3 Å². The minimum atomic E-state index is -0.601. The van der Waals surface area contributed by atoms with Gasteiger partial charge >= 0.3 is 6.03 Å². The van der Waals surface area contributed by atoms with Crippen molar-refractivity contribution in [1.82, 2.24) is 15.5 Å². The number of imide groups is 1. The largest absolute Gasteiger partial charge is 0.342 e. The molecule has 134 valence electrons. The molecule has 1 aromatic rings. The fourth-order valence-corrected chi connectivity index (χ4v) is 3.75. The first-order valence-electron chi connectivity index (χ1n) is 8.90. The highest BCUT2D eigenvalue weighted by molar-refractivity contribution is 6.04. The van der Waals surface area contributed by atoms with E-state index in [1.165, 1.54) is 11.1 Å². The Kier molecular flexibility index (Phi) is 5.06. The molecule has 3 rings (SSSR count). The van der Waals surface area contributed by atoms with Gasteiger partial charge in [-0.2, -0.15) is 0 Å². The molecule has 2 saturated heterocycles. The molecule has 2 unspecified atom stereocenters. The number of rotatable bonds is 4. The van der Waals surface area contributed by atoms with Crippen molar-refractivity contribution < 1.29 is 14.4 Å². The number of hydrogen-bond acceptors (Lipinski definition) is 3. The number of nitrogens with zero attached hydrogens (tertiary/aromatic N) is 1. The lowest BCUT2D eigenvalue weighted by Crippen LogP contribution is -2.43. The molecule has 2 atom stereocenters. The van der Waals surface area contributed by atoms with Crippen molar-refractivity contribution in [2.75, 3.05) is 13.1 Å². The highest BCUT2D eigenvalue weighted by Crippen LogP contribution is 2.29. The maximum atomic E-state index is 12.7. The van der Waals surface area contributed by atoms with E-state index < -0.39 is 12.1 Å². The van der Waals surface area contributed by atoms with Crippen LogP contribution < -0.4 is 10.6 Å². The van der Waals surface area contributed by atoms with E-state index >= 15 is 0 Å². The summed E-state index contributed by atoms with van der Waals surface area (Å²) >= 11 is 0. The SMILES string of the molecule is Cc1cccc(C2CCN(C(=O)C(C)CC3NC(=O)NC3=O)CC2)c1. The van der Waals surface area contributed by atoms with Gasteiger partial charge in [0.2, 0.25) is 5.91 Å². The van der Waals surface area contributed by atoms with Crippen molar-refractivity contribution in [3.05, 3.63) is 35.4 Å². The van der Waals surface area contributed by atoms with Crippen LogP contribution in [0.2, 0.25) is 0 Å². The molecular weight excluding hydrogens is 318 g/mol. The zero-order valence-corrected chi connectivity index (χ0v) is 14.7. The Labute approximate surface area is 148 Å². The summed E-state index contributed by atoms with van der Waals surface area (Å²) in [6.07, 6.45) is 2.26. The van der Waals surface area contributed by atoms with Gasteiger partial charge in [-0.1, -0.05) is 36.8 Å². The average molecular weight is 343 g/mol. The van der Waals surface area contributed by atoms with Crippen molar-refractivity contribution in [3.8, 4) is 0 Å². The number of aryl methyl sites for hydroxylation is 1. The first-order valence-corrected chi connectivity index (χ1v) is 8.90. The van der Waals surface area contributed by atoms with Gasteiger partial charge in [0.1, 0.15) is 6.04 Å². The summed E-state index contributed by atoms with van der Waals surface area (Å²) in [6.45, 7) is 5.41. The summed E-state index contributed by atoms with van der Waals surface area (Å²) in [5.41, 5.74) is 2.62. The second-order valence-electron chi connectivity index (χ2n) is 7.17. The summed E-state index contributed by atoms with van der Waals surface area (Å²) in [4.78, 5) is 37.3. The van der Waals surface area contributed by atoms with Crippen LogP contribution >= 0.6 is 0 Å². The zero-order chi connectivity index (χ0) is 18.0. The highest BCUT2D eigenvalue weighted by Gasteiger charge is 2.34. The Morgan fingerprint density at radius 3 is 2.60 bits per heavy atom. The zero-order valence-electron chi connectivity index (χ0n) is 14.7. The van der Waals surface area contributed by atoms with Gasteiger partial charge in [0.25, 0.3) is 5.91 Å². The Bertz CT molecular complexity index is 680. The van der Waals surface area contributed by atoms with Crippen molar-refractivity contribution in [1.29, 1.82) is 0 Å². The molecule has 6 heteroatoms. The first-order chi connectivity index (χ1) is 11.9. The number of nitrogens with one attached hydrogen (secondary N) is 2. The number of carbonyl (C=O) groups is 3. The van der Waals surface area contributed by atoms with Crippen molar-refractivity contribution >= 4 is 17.8 Å². The van der Waals surface area contributed by atoms with Crippen molar-refractivity contribution in [2.24, 2.45) is 5.92 Å². The van der Waals surface area contributed by atoms with Crippen LogP contribution in [0.15, 0.2) is 24.3 Å². The molecule has 6 nitrogen and oxygen atoms in total. The third-order valence-electron chi connectivity index (χ3n) is 5.19. The van der Waals surface area contributed by atoms with Crippen molar-refractivity contribution in [3.63, 3.8) is 0 Å². The molecule has 2 fully saturated rings. The second kappa shape index (κ2) is 7.25. The maximum Gasteiger partial charge on any atom is 0.322 e. The summed E-state index contributed by atoms with van der Waals surface area (Å²) in [5, 5.41) is 4.76. The lowest BCUT2D eigenvalue weighted by atomic mass is 9.88. The van der Waals surface area contributed by atoms with E-state index in [2.05, 4.69) is 41.8 Å². The van der Waals surface area contributed by atoms with E-state index in [0.717, 1.165) is 25.9 Å². The molecule has 2 aliphatic rings. The van der Waals surface area contributed by atoms with Crippen LogP contribution in [0.1, 0.15) is 43.2 Å². The van der Waals surface area contributed by atoms with Crippen LogP contribution in [0.5, 0.6) is 0 Å². The van der Waals surface area contributed by atoms with Crippen LogP contribution in [-0.2, 0) is 9.59 Å². The predicted molar refractivity (Wildman–Crippen MR) is 94.0 cm³/mol. The lowest BCUT2D eigenvalue weighted by Gasteiger charge is -2.34. The molecule has 2 N–H and O–H groups in total. The van der Waals surface area contributed by atoms with Crippen LogP contribution in [0.4, 0.5) is 4.79 Å². The Balaban J connectivity index is 1.52. The number of likely N-dealkylation sites (tertiary alicyclic amines) is 1. The molecule has 0 radical (unpaired) electrons. The molecule has 1 aromatic carbocycles. The van der Waals surface area contributed by atoms with Gasteiger partial charge in [0, 0.05) is 19.0 Å². The highest BCUT2D eigenvalue weighted by atomic mass is 16.2. The van der Waals surface area contributed by atoms with E-state index in [9.17, 15) is 14.4 Å². The molecule has 2 heterocycles. The van der Waals surface area contributed by atoms with Gasteiger partial charge in [-0.15, -0.1) is 0 Å². The van der Waals surface area contributed by atoms with E-state index in [4.69, 9.17) is 0 Å². The van der Waals surface area contributed by atoms with Gasteiger partial charge in [0.15, 0.2) is 0 Å². The summed E-state index contributed by atoms with van der Waals surface area (Å²) in [7, 11) is 0. The molecular formula is C19H25N3O3. The quantitative estimate of drug-likeness (QED) is 0.820. The van der Waals surface area contributed by atoms with Gasteiger partial charge in [-0.25, -0.2) is 4.79 Å². The fraction of sp³-hybridized carbons (Fsp3) is 0.526. The van der Waals surface area contributed by atoms with Gasteiger partial charge < -0.3 is 10.2 Å². The molecule has 25 heavy (non-hydrogen) atoms. The van der Waals surface area contributed by atoms with Crippen LogP contribution in [0.25, 0.3) is 0 Å². The molecule has 0 aliphatic carbocycles. The molecule has 0 saturated carbocycles. The lowest BCUT2D eigenvalue weighted by molar-refractivity contribution is -0.136. The van der Waals surface area contributed by atoms with Gasteiger partial charge in [0.05, 0.1) is 0 Å². The van der Waals surface area contributed by atoms with Crippen LogP contribution in [-0.4, -0.2) is 41.9 Å². The number of hydrogen-bond donors (Lipinski definition) is 2. The first kappa shape index (κ1) is 17.5. The van der Waals surface area contributed by atoms with E-state index in [1.54, 1.807) is 0 Å². The number of piperidine rings is 1. The summed E-state index contributed by atoms with van der Waals surface area (Å²) in [6, 6.07) is 7.50. The summed E-state index contributed by atoms with van der Waals surface area (Å²) in [5.74, 6) is -0.0664. The second-order valence-corrected chi connectivity index (χ2v) is 7.17.